The van der Waals surface area contributed by atoms with Crippen LogP contribution in [0.3, 0.4) is 0 Å². The van der Waals surface area contributed by atoms with E-state index in [1.165, 1.54) is 17.0 Å². The number of nitrogens with zero attached hydrogens (tertiary/aromatic N) is 3. The summed E-state index contributed by atoms with van der Waals surface area (Å²) in [7, 11) is 0. The fourth-order valence-corrected chi connectivity index (χ4v) is 4.93. The highest BCUT2D eigenvalue weighted by Gasteiger charge is 2.49. The number of carbonyl (C=O) groups is 3. The standard InChI is InChI=1S/C25H25N5O6/c1-25(2,3)36-24(33)27-28-13-20(31)29-19(23(28)32)12-17-16-9-4-5-10-18(16)26-21(17)22(29)14-7-6-8-15(11-14)30(34)35/h4-11,19,22,26H,12-13H2,1-3H3,(H,27,33)/t19-,22-/m0/s1. The maximum Gasteiger partial charge on any atom is 0.426 e. The first-order valence-electron chi connectivity index (χ1n) is 11.5. The van der Waals surface area contributed by atoms with Crippen LogP contribution in [0.15, 0.2) is 48.5 Å². The molecule has 2 aromatic carbocycles. The Morgan fingerprint density at radius 3 is 2.64 bits per heavy atom. The number of nitro benzene ring substituents is 1. The monoisotopic (exact) mass is 491 g/mol. The first-order valence-corrected chi connectivity index (χ1v) is 11.5. The summed E-state index contributed by atoms with van der Waals surface area (Å²) in [6.45, 7) is 4.69. The number of H-pyrrole nitrogens is 1. The second-order valence-corrected chi connectivity index (χ2v) is 9.88. The van der Waals surface area contributed by atoms with Crippen LogP contribution in [0.25, 0.3) is 10.9 Å². The molecule has 1 fully saturated rings. The molecule has 3 heterocycles. The van der Waals surface area contributed by atoms with Crippen molar-refractivity contribution in [1.29, 1.82) is 0 Å². The van der Waals surface area contributed by atoms with E-state index in [0.717, 1.165) is 21.5 Å². The number of nitrogens with one attached hydrogen (secondary N) is 2. The van der Waals surface area contributed by atoms with Crippen molar-refractivity contribution in [3.8, 4) is 0 Å². The Hall–Kier alpha value is -4.41. The molecule has 11 nitrogen and oxygen atoms in total. The van der Waals surface area contributed by atoms with E-state index in [2.05, 4.69) is 10.4 Å². The Bertz CT molecular complexity index is 1410. The number of nitro groups is 1. The van der Waals surface area contributed by atoms with Gasteiger partial charge in [0.1, 0.15) is 18.2 Å². The van der Waals surface area contributed by atoms with Gasteiger partial charge in [-0.15, -0.1) is 0 Å². The molecule has 0 spiro atoms. The average molecular weight is 492 g/mol. The number of rotatable bonds is 3. The van der Waals surface area contributed by atoms with E-state index in [1.54, 1.807) is 32.9 Å². The summed E-state index contributed by atoms with van der Waals surface area (Å²) in [5, 5.41) is 13.4. The van der Waals surface area contributed by atoms with Gasteiger partial charge in [-0.05, 0) is 38.0 Å². The van der Waals surface area contributed by atoms with Gasteiger partial charge in [-0.1, -0.05) is 30.3 Å². The van der Waals surface area contributed by atoms with Crippen molar-refractivity contribution in [2.24, 2.45) is 0 Å². The van der Waals surface area contributed by atoms with Gasteiger partial charge in [0.2, 0.25) is 5.91 Å². The zero-order valence-corrected chi connectivity index (χ0v) is 20.0. The fourth-order valence-electron chi connectivity index (χ4n) is 4.93. The third-order valence-corrected chi connectivity index (χ3v) is 6.29. The van der Waals surface area contributed by atoms with E-state index >= 15 is 0 Å². The van der Waals surface area contributed by atoms with E-state index in [9.17, 15) is 24.5 Å². The van der Waals surface area contributed by atoms with Gasteiger partial charge in [-0.25, -0.2) is 15.2 Å². The Labute approximate surface area is 206 Å². The first-order chi connectivity index (χ1) is 17.0. The van der Waals surface area contributed by atoms with E-state index < -0.39 is 47.1 Å². The van der Waals surface area contributed by atoms with E-state index in [-0.39, 0.29) is 12.1 Å². The van der Waals surface area contributed by atoms with Crippen molar-refractivity contribution in [3.63, 3.8) is 0 Å². The molecule has 2 aliphatic heterocycles. The van der Waals surface area contributed by atoms with Gasteiger partial charge in [0.15, 0.2) is 0 Å². The molecule has 0 saturated carbocycles. The van der Waals surface area contributed by atoms with Gasteiger partial charge in [-0.3, -0.25) is 19.7 Å². The maximum absolute atomic E-state index is 13.6. The molecule has 2 N–H and O–H groups in total. The molecule has 36 heavy (non-hydrogen) atoms. The van der Waals surface area contributed by atoms with Crippen LogP contribution in [0, 0.1) is 10.1 Å². The molecule has 2 atom stereocenters. The molecule has 2 aliphatic rings. The summed E-state index contributed by atoms with van der Waals surface area (Å²) in [6.07, 6.45) is -0.613. The Morgan fingerprint density at radius 1 is 1.17 bits per heavy atom. The van der Waals surface area contributed by atoms with Crippen LogP contribution in [-0.4, -0.2) is 55.9 Å². The van der Waals surface area contributed by atoms with Crippen molar-refractivity contribution in [2.45, 2.75) is 44.9 Å². The highest BCUT2D eigenvalue weighted by atomic mass is 16.6. The van der Waals surface area contributed by atoms with Crippen LogP contribution < -0.4 is 5.43 Å². The number of carbonyl (C=O) groups excluding carboxylic acids is 3. The number of hydrogen-bond donors (Lipinski definition) is 2. The molecule has 5 rings (SSSR count). The lowest BCUT2D eigenvalue weighted by molar-refractivity contribution is -0.384. The number of fused-ring (bicyclic) bond motifs is 4. The predicted molar refractivity (Wildman–Crippen MR) is 129 cm³/mol. The first kappa shape index (κ1) is 23.3. The molecular formula is C25H25N5O6. The fraction of sp³-hybridized carbons (Fsp3) is 0.320. The minimum Gasteiger partial charge on any atom is -0.443 e. The number of piperazine rings is 1. The van der Waals surface area contributed by atoms with Crippen LogP contribution in [0.2, 0.25) is 0 Å². The molecule has 11 heteroatoms. The lowest BCUT2D eigenvalue weighted by Gasteiger charge is -2.46. The third-order valence-electron chi connectivity index (χ3n) is 6.29. The smallest absolute Gasteiger partial charge is 0.426 e. The molecule has 0 bridgehead atoms. The van der Waals surface area contributed by atoms with E-state index in [4.69, 9.17) is 4.74 Å². The number of ether oxygens (including phenoxy) is 1. The number of hydrogen-bond acceptors (Lipinski definition) is 6. The van der Waals surface area contributed by atoms with Crippen LogP contribution in [0.1, 0.15) is 43.6 Å². The second kappa shape index (κ2) is 8.36. The van der Waals surface area contributed by atoms with Crippen LogP contribution in [-0.2, 0) is 20.7 Å². The lowest BCUT2D eigenvalue weighted by Crippen LogP contribution is -2.66. The zero-order valence-electron chi connectivity index (χ0n) is 20.0. The average Bonchev–Trinajstić information content (AvgIpc) is 3.18. The Balaban J connectivity index is 1.59. The number of aromatic nitrogens is 1. The summed E-state index contributed by atoms with van der Waals surface area (Å²) in [6, 6.07) is 12.0. The summed E-state index contributed by atoms with van der Waals surface area (Å²) in [4.78, 5) is 55.2. The van der Waals surface area contributed by atoms with Crippen molar-refractivity contribution in [1.82, 2.24) is 20.3 Å². The lowest BCUT2D eigenvalue weighted by atomic mass is 9.86. The van der Waals surface area contributed by atoms with Crippen LogP contribution in [0.5, 0.6) is 0 Å². The molecule has 3 aromatic rings. The zero-order chi connectivity index (χ0) is 25.8. The van der Waals surface area contributed by atoms with Gasteiger partial charge in [0.25, 0.3) is 11.6 Å². The summed E-state index contributed by atoms with van der Waals surface area (Å²) >= 11 is 0. The SMILES string of the molecule is CC(C)(C)OC(=O)NN1CC(=O)N2[C@@H](c3cccc([N+](=O)[O-])c3)c3[nH]c4ccccc4c3C[C@H]2C1=O. The topological polar surface area (TPSA) is 138 Å². The molecule has 186 valence electrons. The van der Waals surface area contributed by atoms with Crippen molar-refractivity contribution < 1.29 is 24.0 Å². The molecule has 1 saturated heterocycles. The number of hydrazine groups is 1. The molecule has 0 radical (unpaired) electrons. The van der Waals surface area contributed by atoms with Gasteiger partial charge in [0.05, 0.1) is 11.0 Å². The summed E-state index contributed by atoms with van der Waals surface area (Å²) < 4.78 is 5.25. The summed E-state index contributed by atoms with van der Waals surface area (Å²) in [5.41, 5.74) is 4.41. The van der Waals surface area contributed by atoms with Crippen molar-refractivity contribution in [3.05, 3.63) is 75.5 Å². The molecule has 3 amide bonds. The molecule has 1 aromatic heterocycles. The molecular weight excluding hydrogens is 466 g/mol. The van der Waals surface area contributed by atoms with Crippen LogP contribution >= 0.6 is 0 Å². The second-order valence-electron chi connectivity index (χ2n) is 9.88. The Kier molecular flexibility index (Phi) is 5.42. The summed E-state index contributed by atoms with van der Waals surface area (Å²) in [5.74, 6) is -0.872. The molecule has 0 aliphatic carbocycles. The highest BCUT2D eigenvalue weighted by molar-refractivity contribution is 5.98. The largest absolute Gasteiger partial charge is 0.443 e. The minimum atomic E-state index is -0.919. The van der Waals surface area contributed by atoms with E-state index in [0.29, 0.717) is 11.3 Å². The maximum atomic E-state index is 13.6. The minimum absolute atomic E-state index is 0.115. The highest BCUT2D eigenvalue weighted by Crippen LogP contribution is 2.42. The number of non-ortho nitro benzene ring substituents is 1. The van der Waals surface area contributed by atoms with Gasteiger partial charge in [-0.2, -0.15) is 0 Å². The number of amides is 3. The number of para-hydroxylation sites is 1. The Morgan fingerprint density at radius 2 is 1.92 bits per heavy atom. The van der Waals surface area contributed by atoms with Gasteiger partial charge in [0, 0.05) is 35.2 Å². The predicted octanol–water partition coefficient (Wildman–Crippen LogP) is 3.20. The van der Waals surface area contributed by atoms with Crippen molar-refractivity contribution >= 4 is 34.5 Å². The normalized spacial score (nSPS) is 19.6. The molecule has 0 unspecified atom stereocenters. The third kappa shape index (κ3) is 4.02. The van der Waals surface area contributed by atoms with Crippen LogP contribution in [0.4, 0.5) is 10.5 Å². The van der Waals surface area contributed by atoms with Crippen molar-refractivity contribution in [2.75, 3.05) is 6.54 Å². The number of benzene rings is 2. The number of aromatic amines is 1. The van der Waals surface area contributed by atoms with Gasteiger partial charge < -0.3 is 14.6 Å². The quantitative estimate of drug-likeness (QED) is 0.426. The van der Waals surface area contributed by atoms with E-state index in [1.807, 2.05) is 24.3 Å². The van der Waals surface area contributed by atoms with Gasteiger partial charge >= 0.3 is 6.09 Å².